The molecule has 0 N–H and O–H groups in total. The molecule has 4 nitrogen and oxygen atoms in total. The quantitative estimate of drug-likeness (QED) is 0.575. The summed E-state index contributed by atoms with van der Waals surface area (Å²) in [5, 5.41) is 0. The average molecular weight is 398 g/mol. The van der Waals surface area contributed by atoms with E-state index in [1.165, 1.54) is 12.1 Å². The van der Waals surface area contributed by atoms with Crippen LogP contribution in [-0.4, -0.2) is 36.5 Å². The first-order chi connectivity index (χ1) is 11.3. The number of piperidine rings is 1. The number of rotatable bonds is 4. The van der Waals surface area contributed by atoms with Crippen molar-refractivity contribution in [2.75, 3.05) is 19.7 Å². The van der Waals surface area contributed by atoms with Gasteiger partial charge in [-0.2, -0.15) is 0 Å². The monoisotopic (exact) mass is 397 g/mol. The van der Waals surface area contributed by atoms with Crippen molar-refractivity contribution in [2.24, 2.45) is 11.8 Å². The van der Waals surface area contributed by atoms with Gasteiger partial charge >= 0.3 is 5.97 Å². The summed E-state index contributed by atoms with van der Waals surface area (Å²) in [7, 11) is 0. The summed E-state index contributed by atoms with van der Waals surface area (Å²) in [6, 6.07) is 4.43. The molecule has 1 aromatic carbocycles. The van der Waals surface area contributed by atoms with Crippen molar-refractivity contribution < 1.29 is 18.7 Å². The average Bonchev–Trinajstić information content (AvgIpc) is 2.52. The Morgan fingerprint density at radius 2 is 2.00 bits per heavy atom. The molecule has 24 heavy (non-hydrogen) atoms. The second kappa shape index (κ2) is 8.42. The molecule has 1 heterocycles. The first-order valence-corrected chi connectivity index (χ1v) is 8.72. The number of carbonyl (C=O) groups is 2. The van der Waals surface area contributed by atoms with Crippen LogP contribution in [0.25, 0.3) is 6.08 Å². The lowest BCUT2D eigenvalue weighted by Crippen LogP contribution is -2.44. The highest BCUT2D eigenvalue weighted by Crippen LogP contribution is 2.21. The largest absolute Gasteiger partial charge is 0.452 e. The zero-order chi connectivity index (χ0) is 17.7. The minimum Gasteiger partial charge on any atom is -0.452 e. The van der Waals surface area contributed by atoms with Crippen LogP contribution in [0.15, 0.2) is 28.7 Å². The Labute approximate surface area is 149 Å². The van der Waals surface area contributed by atoms with E-state index >= 15 is 0 Å². The molecule has 2 atom stereocenters. The number of nitrogens with zero attached hydrogens (tertiary/aromatic N) is 1. The third kappa shape index (κ3) is 5.44. The summed E-state index contributed by atoms with van der Waals surface area (Å²) in [5.41, 5.74) is 0.270. The van der Waals surface area contributed by atoms with Gasteiger partial charge in [-0.1, -0.05) is 29.8 Å². The van der Waals surface area contributed by atoms with Gasteiger partial charge < -0.3 is 9.64 Å². The maximum absolute atomic E-state index is 13.6. The first kappa shape index (κ1) is 18.6. The molecule has 0 aliphatic carbocycles. The van der Waals surface area contributed by atoms with Crippen molar-refractivity contribution in [3.8, 4) is 0 Å². The van der Waals surface area contributed by atoms with E-state index < -0.39 is 11.8 Å². The summed E-state index contributed by atoms with van der Waals surface area (Å²) in [5.74, 6) is -0.389. The summed E-state index contributed by atoms with van der Waals surface area (Å²) < 4.78 is 19.2. The smallest absolute Gasteiger partial charge is 0.331 e. The molecule has 0 bridgehead atoms. The Morgan fingerprint density at radius 1 is 1.33 bits per heavy atom. The lowest BCUT2D eigenvalue weighted by atomic mass is 9.92. The maximum Gasteiger partial charge on any atom is 0.331 e. The summed E-state index contributed by atoms with van der Waals surface area (Å²) >= 11 is 3.24. The molecule has 1 aliphatic heterocycles. The maximum atomic E-state index is 13.6. The van der Waals surface area contributed by atoms with Crippen molar-refractivity contribution in [1.82, 2.24) is 4.90 Å². The lowest BCUT2D eigenvalue weighted by Gasteiger charge is -2.34. The number of amides is 1. The van der Waals surface area contributed by atoms with E-state index in [2.05, 4.69) is 29.8 Å². The van der Waals surface area contributed by atoms with Crippen molar-refractivity contribution >= 4 is 33.9 Å². The van der Waals surface area contributed by atoms with E-state index in [9.17, 15) is 14.0 Å². The van der Waals surface area contributed by atoms with Crippen LogP contribution in [0.3, 0.4) is 0 Å². The topological polar surface area (TPSA) is 46.6 Å². The molecule has 0 saturated carbocycles. The number of halogens is 2. The lowest BCUT2D eigenvalue weighted by molar-refractivity contribution is -0.149. The van der Waals surface area contributed by atoms with Crippen LogP contribution in [0.5, 0.6) is 0 Å². The number of hydrogen-bond acceptors (Lipinski definition) is 3. The fourth-order valence-electron chi connectivity index (χ4n) is 2.94. The second-order valence-electron chi connectivity index (χ2n) is 6.35. The Hall–Kier alpha value is -1.69. The zero-order valence-electron chi connectivity index (χ0n) is 13.8. The second-order valence-corrected chi connectivity index (χ2v) is 7.27. The normalized spacial score (nSPS) is 21.1. The molecule has 1 aromatic rings. The minimum atomic E-state index is -0.666. The Bertz CT molecular complexity index is 637. The van der Waals surface area contributed by atoms with E-state index in [4.69, 9.17) is 4.74 Å². The summed E-state index contributed by atoms with van der Waals surface area (Å²) in [6.45, 7) is 5.32. The van der Waals surface area contributed by atoms with Crippen LogP contribution < -0.4 is 0 Å². The van der Waals surface area contributed by atoms with Crippen LogP contribution in [-0.2, 0) is 14.3 Å². The van der Waals surface area contributed by atoms with Gasteiger partial charge in [0.05, 0.1) is 0 Å². The summed E-state index contributed by atoms with van der Waals surface area (Å²) in [6.07, 6.45) is 3.56. The van der Waals surface area contributed by atoms with Gasteiger partial charge in [0.25, 0.3) is 5.91 Å². The van der Waals surface area contributed by atoms with Crippen LogP contribution in [0, 0.1) is 17.7 Å². The molecule has 2 rings (SSSR count). The van der Waals surface area contributed by atoms with Gasteiger partial charge in [0, 0.05) is 29.2 Å². The first-order valence-electron chi connectivity index (χ1n) is 7.93. The number of benzene rings is 1. The number of hydrogen-bond donors (Lipinski definition) is 0. The number of ether oxygens (including phenoxy) is 1. The van der Waals surface area contributed by atoms with E-state index in [0.717, 1.165) is 12.5 Å². The fraction of sp³-hybridized carbons (Fsp3) is 0.444. The Morgan fingerprint density at radius 3 is 2.67 bits per heavy atom. The van der Waals surface area contributed by atoms with Gasteiger partial charge in [-0.15, -0.1) is 0 Å². The standard InChI is InChI=1S/C18H21BrFNO3/c1-12-7-13(2)10-21(9-12)17(22)11-24-18(23)6-3-14-8-15(19)4-5-16(14)20/h3-6,8,12-13H,7,9-11H2,1-2H3/b6-3+/t12-,13+. The minimum absolute atomic E-state index is 0.191. The van der Waals surface area contributed by atoms with Gasteiger partial charge in [-0.05, 0) is 42.5 Å². The van der Waals surface area contributed by atoms with Gasteiger partial charge in [0.2, 0.25) is 0 Å². The number of esters is 1. The van der Waals surface area contributed by atoms with Crippen LogP contribution in [0.1, 0.15) is 25.8 Å². The molecule has 0 radical (unpaired) electrons. The molecular weight excluding hydrogens is 377 g/mol. The van der Waals surface area contributed by atoms with Crippen molar-refractivity contribution in [3.05, 3.63) is 40.1 Å². The predicted molar refractivity (Wildman–Crippen MR) is 93.6 cm³/mol. The van der Waals surface area contributed by atoms with E-state index in [0.29, 0.717) is 29.4 Å². The van der Waals surface area contributed by atoms with Gasteiger partial charge in [0.15, 0.2) is 6.61 Å². The van der Waals surface area contributed by atoms with Crippen molar-refractivity contribution in [3.63, 3.8) is 0 Å². The molecule has 0 spiro atoms. The SMILES string of the molecule is C[C@@H]1C[C@H](C)CN(C(=O)COC(=O)/C=C/c2cc(Br)ccc2F)C1. The molecular formula is C18H21BrFNO3. The predicted octanol–water partition coefficient (Wildman–Crippen LogP) is 3.65. The molecule has 0 unspecified atom stereocenters. The van der Waals surface area contributed by atoms with Crippen LogP contribution in [0.2, 0.25) is 0 Å². The van der Waals surface area contributed by atoms with Crippen molar-refractivity contribution in [2.45, 2.75) is 20.3 Å². The van der Waals surface area contributed by atoms with E-state index in [-0.39, 0.29) is 18.1 Å². The molecule has 130 valence electrons. The third-order valence-electron chi connectivity index (χ3n) is 3.92. The van der Waals surface area contributed by atoms with Crippen LogP contribution >= 0.6 is 15.9 Å². The number of likely N-dealkylation sites (tertiary alicyclic amines) is 1. The van der Waals surface area contributed by atoms with E-state index in [1.54, 1.807) is 17.0 Å². The Kier molecular flexibility index (Phi) is 6.54. The highest BCUT2D eigenvalue weighted by molar-refractivity contribution is 9.10. The fourth-order valence-corrected chi connectivity index (χ4v) is 3.32. The highest BCUT2D eigenvalue weighted by atomic mass is 79.9. The molecule has 0 aromatic heterocycles. The molecule has 1 saturated heterocycles. The number of carbonyl (C=O) groups excluding carboxylic acids is 2. The van der Waals surface area contributed by atoms with E-state index in [1.807, 2.05) is 0 Å². The molecule has 1 fully saturated rings. The van der Waals surface area contributed by atoms with Gasteiger partial charge in [-0.3, -0.25) is 4.79 Å². The third-order valence-corrected chi connectivity index (χ3v) is 4.41. The molecule has 1 amide bonds. The zero-order valence-corrected chi connectivity index (χ0v) is 15.4. The molecule has 1 aliphatic rings. The van der Waals surface area contributed by atoms with Gasteiger partial charge in [0.1, 0.15) is 5.82 Å². The van der Waals surface area contributed by atoms with Crippen molar-refractivity contribution in [1.29, 1.82) is 0 Å². The molecule has 6 heteroatoms. The van der Waals surface area contributed by atoms with Crippen LogP contribution in [0.4, 0.5) is 4.39 Å². The summed E-state index contributed by atoms with van der Waals surface area (Å²) in [4.78, 5) is 25.6. The highest BCUT2D eigenvalue weighted by Gasteiger charge is 2.25. The van der Waals surface area contributed by atoms with Gasteiger partial charge in [-0.25, -0.2) is 9.18 Å². The Balaban J connectivity index is 1.85.